The maximum absolute atomic E-state index is 10.8. The van der Waals surface area contributed by atoms with Gasteiger partial charge in [0.05, 0.1) is 13.7 Å². The summed E-state index contributed by atoms with van der Waals surface area (Å²) in [5.41, 5.74) is -0.219. The minimum Gasteiger partial charge on any atom is -0.497 e. The predicted molar refractivity (Wildman–Crippen MR) is 80.5 cm³/mol. The molecule has 0 spiro atoms. The Morgan fingerprint density at radius 2 is 2.00 bits per heavy atom. The van der Waals surface area contributed by atoms with Gasteiger partial charge in [-0.2, -0.15) is 0 Å². The highest BCUT2D eigenvalue weighted by Crippen LogP contribution is 2.31. The molecule has 1 atom stereocenters. The first-order chi connectivity index (χ1) is 9.62. The van der Waals surface area contributed by atoms with Crippen LogP contribution >= 0.6 is 0 Å². The Balaban J connectivity index is 3.14. The smallest absolute Gasteiger partial charge is 0.176 e. The molecule has 0 aromatic heterocycles. The van der Waals surface area contributed by atoms with E-state index in [4.69, 9.17) is 15.9 Å². The molecule has 1 aromatic rings. The molecular weight excluding hydrogens is 252 g/mol. The van der Waals surface area contributed by atoms with Crippen LogP contribution in [-0.4, -0.2) is 25.9 Å². The van der Waals surface area contributed by atoms with Gasteiger partial charge < -0.3 is 14.6 Å². The molecule has 0 bridgehead atoms. The van der Waals surface area contributed by atoms with Crippen LogP contribution in [0.5, 0.6) is 5.75 Å². The highest BCUT2D eigenvalue weighted by Gasteiger charge is 2.29. The third-order valence-corrected chi connectivity index (χ3v) is 3.01. The average Bonchev–Trinajstić information content (AvgIpc) is 2.51. The van der Waals surface area contributed by atoms with Crippen molar-refractivity contribution >= 4 is 0 Å². The molecule has 1 N–H and O–H groups in total. The largest absolute Gasteiger partial charge is 0.497 e. The van der Waals surface area contributed by atoms with Crippen molar-refractivity contribution < 1.29 is 14.6 Å². The fraction of sp³-hybridized carbons (Fsp3) is 0.294. The van der Waals surface area contributed by atoms with Gasteiger partial charge in [0.2, 0.25) is 0 Å². The van der Waals surface area contributed by atoms with Crippen molar-refractivity contribution in [2.45, 2.75) is 12.5 Å². The summed E-state index contributed by atoms with van der Waals surface area (Å²) in [6, 6.07) is 7.05. The lowest BCUT2D eigenvalue weighted by Gasteiger charge is -2.24. The fourth-order valence-corrected chi connectivity index (χ4v) is 1.86. The number of rotatable bonds is 6. The molecular formula is C17H20O3. The minimum absolute atomic E-state index is 0.459. The molecule has 0 fully saturated rings. The van der Waals surface area contributed by atoms with Gasteiger partial charge in [-0.05, 0) is 24.6 Å². The van der Waals surface area contributed by atoms with Crippen molar-refractivity contribution in [2.75, 3.05) is 20.8 Å². The zero-order valence-electron chi connectivity index (χ0n) is 12.1. The number of allylic oxidation sites excluding steroid dienone is 1. The van der Waals surface area contributed by atoms with Crippen LogP contribution in [0.25, 0.3) is 0 Å². The molecule has 0 saturated heterocycles. The summed E-state index contributed by atoms with van der Waals surface area (Å²) in [4.78, 5) is 0. The lowest BCUT2D eigenvalue weighted by molar-refractivity contribution is 0.144. The first-order valence-electron chi connectivity index (χ1n) is 6.29. The average molecular weight is 272 g/mol. The van der Waals surface area contributed by atoms with Gasteiger partial charge in [-0.15, -0.1) is 6.42 Å². The molecule has 0 aliphatic carbocycles. The Hall–Kier alpha value is -2.02. The van der Waals surface area contributed by atoms with E-state index in [1.165, 1.54) is 0 Å². The van der Waals surface area contributed by atoms with Crippen LogP contribution in [0.1, 0.15) is 12.5 Å². The Bertz CT molecular complexity index is 520. The molecule has 20 heavy (non-hydrogen) atoms. The Morgan fingerprint density at radius 3 is 2.45 bits per heavy atom. The van der Waals surface area contributed by atoms with Crippen molar-refractivity contribution in [1.29, 1.82) is 0 Å². The first kappa shape index (κ1) is 16.0. The predicted octanol–water partition coefficient (Wildman–Crippen LogP) is 2.66. The van der Waals surface area contributed by atoms with Crippen molar-refractivity contribution in [2.24, 2.45) is 0 Å². The zero-order valence-corrected chi connectivity index (χ0v) is 12.1. The number of terminal acetylenes is 1. The van der Waals surface area contributed by atoms with Crippen LogP contribution in [0, 0.1) is 12.3 Å². The van der Waals surface area contributed by atoms with E-state index in [1.807, 2.05) is 6.92 Å². The summed E-state index contributed by atoms with van der Waals surface area (Å²) in [5.74, 6) is 3.18. The van der Waals surface area contributed by atoms with E-state index in [0.717, 1.165) is 0 Å². The van der Waals surface area contributed by atoms with E-state index >= 15 is 0 Å². The van der Waals surface area contributed by atoms with Crippen molar-refractivity contribution in [3.05, 3.63) is 53.6 Å². The second kappa shape index (κ2) is 7.54. The van der Waals surface area contributed by atoms with Gasteiger partial charge in [-0.1, -0.05) is 36.3 Å². The molecule has 1 unspecified atom stereocenters. The molecule has 0 aliphatic heterocycles. The van der Waals surface area contributed by atoms with E-state index in [-0.39, 0.29) is 0 Å². The van der Waals surface area contributed by atoms with Gasteiger partial charge in [0.15, 0.2) is 5.60 Å². The van der Waals surface area contributed by atoms with Crippen LogP contribution in [0.15, 0.2) is 48.1 Å². The number of benzene rings is 1. The summed E-state index contributed by atoms with van der Waals surface area (Å²) in [6.45, 7) is 2.29. The molecule has 1 aromatic carbocycles. The van der Waals surface area contributed by atoms with Gasteiger partial charge >= 0.3 is 0 Å². The van der Waals surface area contributed by atoms with E-state index in [1.54, 1.807) is 56.7 Å². The Labute approximate surface area is 120 Å². The fourth-order valence-electron chi connectivity index (χ4n) is 1.86. The van der Waals surface area contributed by atoms with Crippen molar-refractivity contribution in [1.82, 2.24) is 0 Å². The second-order valence-electron chi connectivity index (χ2n) is 4.18. The van der Waals surface area contributed by atoms with Gasteiger partial charge in [-0.25, -0.2) is 0 Å². The molecule has 0 amide bonds. The molecule has 0 heterocycles. The Morgan fingerprint density at radius 1 is 1.35 bits per heavy atom. The van der Waals surface area contributed by atoms with Gasteiger partial charge in [-0.3, -0.25) is 0 Å². The Kier molecular flexibility index (Phi) is 6.05. The molecule has 106 valence electrons. The van der Waals surface area contributed by atoms with Crippen LogP contribution < -0.4 is 4.74 Å². The molecule has 3 nitrogen and oxygen atoms in total. The number of methoxy groups -OCH3 is 2. The summed E-state index contributed by atoms with van der Waals surface area (Å²) in [5, 5.41) is 10.8. The van der Waals surface area contributed by atoms with Gasteiger partial charge in [0.1, 0.15) is 5.75 Å². The third kappa shape index (κ3) is 3.51. The number of ether oxygens (including phenoxy) is 2. The van der Waals surface area contributed by atoms with Crippen LogP contribution in [-0.2, 0) is 10.3 Å². The zero-order chi connectivity index (χ0) is 15.0. The minimum atomic E-state index is -1.47. The van der Waals surface area contributed by atoms with Crippen molar-refractivity contribution in [3.8, 4) is 18.1 Å². The van der Waals surface area contributed by atoms with Crippen LogP contribution in [0.2, 0.25) is 0 Å². The number of hydrogen-bond acceptors (Lipinski definition) is 3. The van der Waals surface area contributed by atoms with Crippen LogP contribution in [0.4, 0.5) is 0 Å². The standard InChI is InChI=1S/C17H20O3/c1-5-14(8-7-13-19-3)17(18,6-2)15-9-11-16(20-4)12-10-15/h2,5,7-12,18H,13H2,1,3-4H3/b8-7-,14-5+. The van der Waals surface area contributed by atoms with E-state index in [2.05, 4.69) is 5.92 Å². The van der Waals surface area contributed by atoms with Crippen molar-refractivity contribution in [3.63, 3.8) is 0 Å². The molecule has 0 radical (unpaired) electrons. The third-order valence-electron chi connectivity index (χ3n) is 3.01. The monoisotopic (exact) mass is 272 g/mol. The van der Waals surface area contributed by atoms with Crippen LogP contribution in [0.3, 0.4) is 0 Å². The topological polar surface area (TPSA) is 38.7 Å². The molecule has 1 rings (SSSR count). The lowest BCUT2D eigenvalue weighted by Crippen LogP contribution is -2.25. The first-order valence-corrected chi connectivity index (χ1v) is 6.29. The molecule has 3 heteroatoms. The molecule has 0 aliphatic rings. The number of hydrogen-bond donors (Lipinski definition) is 1. The maximum atomic E-state index is 10.8. The van der Waals surface area contributed by atoms with E-state index in [9.17, 15) is 5.11 Å². The van der Waals surface area contributed by atoms with Gasteiger partial charge in [0, 0.05) is 12.7 Å². The maximum Gasteiger partial charge on any atom is 0.176 e. The quantitative estimate of drug-likeness (QED) is 0.639. The second-order valence-corrected chi connectivity index (χ2v) is 4.18. The summed E-state index contributed by atoms with van der Waals surface area (Å²) in [6.07, 6.45) is 10.9. The normalized spacial score (nSPS) is 14.8. The summed E-state index contributed by atoms with van der Waals surface area (Å²) >= 11 is 0. The lowest BCUT2D eigenvalue weighted by atomic mass is 9.86. The SMILES string of the molecule is C#CC(O)(C(/C=C\COC)=C/C)c1ccc(OC)cc1. The van der Waals surface area contributed by atoms with E-state index < -0.39 is 5.60 Å². The highest BCUT2D eigenvalue weighted by atomic mass is 16.5. The van der Waals surface area contributed by atoms with Gasteiger partial charge in [0.25, 0.3) is 0 Å². The van der Waals surface area contributed by atoms with E-state index in [0.29, 0.717) is 23.5 Å². The molecule has 0 saturated carbocycles. The summed E-state index contributed by atoms with van der Waals surface area (Å²) in [7, 11) is 3.20. The number of aliphatic hydroxyl groups is 1. The summed E-state index contributed by atoms with van der Waals surface area (Å²) < 4.78 is 10.1. The highest BCUT2D eigenvalue weighted by molar-refractivity contribution is 5.47.